The van der Waals surface area contributed by atoms with E-state index in [1.54, 1.807) is 32.0 Å². The molecule has 0 fully saturated rings. The Labute approximate surface area is 124 Å². The molecule has 0 saturated carbocycles. The van der Waals surface area contributed by atoms with Crippen LogP contribution in [0, 0.1) is 11.8 Å². The number of ether oxygens (including phenoxy) is 1. The summed E-state index contributed by atoms with van der Waals surface area (Å²) in [4.78, 5) is 12.1. The second-order valence-electron chi connectivity index (χ2n) is 4.63. The Morgan fingerprint density at radius 2 is 2.20 bits per heavy atom. The maximum absolute atomic E-state index is 12.1. The zero-order chi connectivity index (χ0) is 15.2. The summed E-state index contributed by atoms with van der Waals surface area (Å²) in [5, 5.41) is 12.0. The number of halogens is 1. The minimum absolute atomic E-state index is 0.00100. The standard InChI is InChI=1S/C15H18ClNO3/c1-15(2,20-3)14(19)17-13-10-12(16)8-7-11(13)6-4-5-9-18/h7-8,10,18H,5,9H2,1-3H3,(H,17,19). The first-order valence-corrected chi connectivity index (χ1v) is 6.54. The number of methoxy groups -OCH3 is 1. The molecule has 108 valence electrons. The Balaban J connectivity index is 3.02. The smallest absolute Gasteiger partial charge is 0.256 e. The highest BCUT2D eigenvalue weighted by atomic mass is 35.5. The molecule has 1 aromatic carbocycles. The summed E-state index contributed by atoms with van der Waals surface area (Å²) < 4.78 is 5.13. The van der Waals surface area contributed by atoms with Gasteiger partial charge in [-0.3, -0.25) is 4.79 Å². The molecule has 0 aliphatic rings. The van der Waals surface area contributed by atoms with Gasteiger partial charge in [-0.2, -0.15) is 0 Å². The third kappa shape index (κ3) is 4.53. The van der Waals surface area contributed by atoms with Crippen LogP contribution in [0.3, 0.4) is 0 Å². The van der Waals surface area contributed by atoms with Gasteiger partial charge < -0.3 is 15.2 Å². The molecule has 5 heteroatoms. The van der Waals surface area contributed by atoms with E-state index in [4.69, 9.17) is 21.4 Å². The molecule has 0 aromatic heterocycles. The number of anilines is 1. The highest BCUT2D eigenvalue weighted by Crippen LogP contribution is 2.22. The van der Waals surface area contributed by atoms with Crippen molar-refractivity contribution in [3.8, 4) is 11.8 Å². The fourth-order valence-corrected chi connectivity index (χ4v) is 1.48. The van der Waals surface area contributed by atoms with Gasteiger partial charge in [0.05, 0.1) is 12.3 Å². The quantitative estimate of drug-likeness (QED) is 0.839. The molecular weight excluding hydrogens is 278 g/mol. The van der Waals surface area contributed by atoms with Crippen molar-refractivity contribution in [2.24, 2.45) is 0 Å². The van der Waals surface area contributed by atoms with Crippen LogP contribution in [-0.4, -0.2) is 30.3 Å². The predicted molar refractivity (Wildman–Crippen MR) is 79.8 cm³/mol. The number of aliphatic hydroxyl groups excluding tert-OH is 1. The predicted octanol–water partition coefficient (Wildman–Crippen LogP) is 2.44. The molecule has 0 saturated heterocycles. The molecule has 0 aliphatic heterocycles. The van der Waals surface area contributed by atoms with Gasteiger partial charge in [0, 0.05) is 24.1 Å². The lowest BCUT2D eigenvalue weighted by molar-refractivity contribution is -0.133. The van der Waals surface area contributed by atoms with Crippen molar-refractivity contribution >= 4 is 23.2 Å². The average molecular weight is 296 g/mol. The highest BCUT2D eigenvalue weighted by molar-refractivity contribution is 6.31. The minimum Gasteiger partial charge on any atom is -0.395 e. The second kappa shape index (κ2) is 7.30. The molecular formula is C15H18ClNO3. The van der Waals surface area contributed by atoms with Crippen LogP contribution in [0.5, 0.6) is 0 Å². The van der Waals surface area contributed by atoms with E-state index in [-0.39, 0.29) is 12.5 Å². The number of carbonyl (C=O) groups excluding carboxylic acids is 1. The topological polar surface area (TPSA) is 58.6 Å². The van der Waals surface area contributed by atoms with Gasteiger partial charge in [-0.25, -0.2) is 0 Å². The van der Waals surface area contributed by atoms with Crippen molar-refractivity contribution in [3.63, 3.8) is 0 Å². The van der Waals surface area contributed by atoms with Gasteiger partial charge in [-0.05, 0) is 32.0 Å². The Kier molecular flexibility index (Phi) is 6.03. The van der Waals surface area contributed by atoms with Crippen molar-refractivity contribution in [1.29, 1.82) is 0 Å². The monoisotopic (exact) mass is 295 g/mol. The molecule has 4 nitrogen and oxygen atoms in total. The van der Waals surface area contributed by atoms with Crippen LogP contribution in [0.4, 0.5) is 5.69 Å². The molecule has 0 bridgehead atoms. The lowest BCUT2D eigenvalue weighted by Gasteiger charge is -2.22. The normalized spacial score (nSPS) is 10.7. The van der Waals surface area contributed by atoms with Crippen molar-refractivity contribution < 1.29 is 14.6 Å². The molecule has 2 N–H and O–H groups in total. The summed E-state index contributed by atoms with van der Waals surface area (Å²) in [6, 6.07) is 5.05. The zero-order valence-electron chi connectivity index (χ0n) is 11.8. The fourth-order valence-electron chi connectivity index (χ4n) is 1.31. The van der Waals surface area contributed by atoms with E-state index in [1.807, 2.05) is 0 Å². The van der Waals surface area contributed by atoms with Crippen molar-refractivity contribution in [2.45, 2.75) is 25.9 Å². The fraction of sp³-hybridized carbons (Fsp3) is 0.400. The van der Waals surface area contributed by atoms with Gasteiger partial charge in [0.15, 0.2) is 0 Å². The largest absolute Gasteiger partial charge is 0.395 e. The SMILES string of the molecule is COC(C)(C)C(=O)Nc1cc(Cl)ccc1C#CCCO. The second-order valence-corrected chi connectivity index (χ2v) is 5.07. The first-order chi connectivity index (χ1) is 9.40. The maximum Gasteiger partial charge on any atom is 0.256 e. The summed E-state index contributed by atoms with van der Waals surface area (Å²) in [5.74, 6) is 5.42. The molecule has 0 spiro atoms. The molecule has 20 heavy (non-hydrogen) atoms. The number of rotatable bonds is 4. The number of amides is 1. The lowest BCUT2D eigenvalue weighted by atomic mass is 10.1. The number of hydrogen-bond donors (Lipinski definition) is 2. The highest BCUT2D eigenvalue weighted by Gasteiger charge is 2.27. The number of benzene rings is 1. The minimum atomic E-state index is -0.946. The Morgan fingerprint density at radius 3 is 2.80 bits per heavy atom. The van der Waals surface area contributed by atoms with E-state index in [9.17, 15) is 4.79 Å². The van der Waals surface area contributed by atoms with E-state index in [0.29, 0.717) is 22.7 Å². The summed E-state index contributed by atoms with van der Waals surface area (Å²) in [6.45, 7) is 3.34. The lowest BCUT2D eigenvalue weighted by Crippen LogP contribution is -2.39. The molecule has 1 rings (SSSR count). The molecule has 1 aromatic rings. The van der Waals surface area contributed by atoms with Crippen LogP contribution < -0.4 is 5.32 Å². The summed E-state index contributed by atoms with van der Waals surface area (Å²) >= 11 is 5.94. The molecule has 1 amide bonds. The van der Waals surface area contributed by atoms with Gasteiger partial charge in [-0.1, -0.05) is 23.4 Å². The van der Waals surface area contributed by atoms with Crippen LogP contribution in [0.15, 0.2) is 18.2 Å². The van der Waals surface area contributed by atoms with Crippen LogP contribution >= 0.6 is 11.6 Å². The van der Waals surface area contributed by atoms with Crippen LogP contribution in [-0.2, 0) is 9.53 Å². The first-order valence-electron chi connectivity index (χ1n) is 6.16. The van der Waals surface area contributed by atoms with Gasteiger partial charge in [0.2, 0.25) is 0 Å². The number of carbonyl (C=O) groups is 1. The Morgan fingerprint density at radius 1 is 1.50 bits per heavy atom. The number of hydrogen-bond acceptors (Lipinski definition) is 3. The third-order valence-electron chi connectivity index (χ3n) is 2.75. The van der Waals surface area contributed by atoms with E-state index >= 15 is 0 Å². The van der Waals surface area contributed by atoms with E-state index in [0.717, 1.165) is 0 Å². The van der Waals surface area contributed by atoms with Crippen LogP contribution in [0.2, 0.25) is 5.02 Å². The maximum atomic E-state index is 12.1. The van der Waals surface area contributed by atoms with Gasteiger partial charge in [0.25, 0.3) is 5.91 Å². The van der Waals surface area contributed by atoms with Crippen molar-refractivity contribution in [3.05, 3.63) is 28.8 Å². The average Bonchev–Trinajstić information content (AvgIpc) is 2.41. The molecule has 0 radical (unpaired) electrons. The van der Waals surface area contributed by atoms with Crippen molar-refractivity contribution in [1.82, 2.24) is 0 Å². The van der Waals surface area contributed by atoms with Crippen LogP contribution in [0.1, 0.15) is 25.8 Å². The summed E-state index contributed by atoms with van der Waals surface area (Å²) in [6.07, 6.45) is 0.375. The Bertz CT molecular complexity index is 544. The van der Waals surface area contributed by atoms with Gasteiger partial charge in [0.1, 0.15) is 5.60 Å². The van der Waals surface area contributed by atoms with E-state index in [2.05, 4.69) is 17.2 Å². The van der Waals surface area contributed by atoms with Crippen LogP contribution in [0.25, 0.3) is 0 Å². The molecule has 0 heterocycles. The zero-order valence-corrected chi connectivity index (χ0v) is 12.5. The molecule has 0 aliphatic carbocycles. The van der Waals surface area contributed by atoms with Crippen molar-refractivity contribution in [2.75, 3.05) is 19.0 Å². The van der Waals surface area contributed by atoms with E-state index < -0.39 is 5.60 Å². The third-order valence-corrected chi connectivity index (χ3v) is 2.98. The molecule has 0 unspecified atom stereocenters. The number of aliphatic hydroxyl groups is 1. The number of nitrogens with one attached hydrogen (secondary N) is 1. The van der Waals surface area contributed by atoms with Gasteiger partial charge >= 0.3 is 0 Å². The molecule has 0 atom stereocenters. The Hall–Kier alpha value is -1.54. The summed E-state index contributed by atoms with van der Waals surface area (Å²) in [5.41, 5.74) is 0.221. The van der Waals surface area contributed by atoms with Gasteiger partial charge in [-0.15, -0.1) is 0 Å². The first kappa shape index (κ1) is 16.5. The van der Waals surface area contributed by atoms with E-state index in [1.165, 1.54) is 7.11 Å². The summed E-state index contributed by atoms with van der Waals surface area (Å²) in [7, 11) is 1.47.